The lowest BCUT2D eigenvalue weighted by molar-refractivity contribution is 0.0611. The Morgan fingerprint density at radius 3 is 2.56 bits per heavy atom. The van der Waals surface area contributed by atoms with E-state index in [1.807, 2.05) is 12.3 Å². The van der Waals surface area contributed by atoms with Gasteiger partial charge in [-0.15, -0.1) is 0 Å². The number of halogens is 1. The standard InChI is InChI=1S/C29H38FN5O3S/c1-18(2)22-6-7-26(35-15-19(29(35,3)4)17-39(5,37)38)24-14-32-21(13-23(22)24)12-20-8-10-31-28(33-20)34-11-9-27(36)25(30)16-34/h6-8,10,13-14,18-19,25,27,36H,9,11-12,15-17H2,1-5H3. The van der Waals surface area contributed by atoms with Crippen LogP contribution in [0.3, 0.4) is 0 Å². The van der Waals surface area contributed by atoms with Crippen LogP contribution in [0.15, 0.2) is 36.7 Å². The average Bonchev–Trinajstić information content (AvgIpc) is 2.87. The van der Waals surface area contributed by atoms with Gasteiger partial charge in [-0.25, -0.2) is 22.8 Å². The summed E-state index contributed by atoms with van der Waals surface area (Å²) in [5.74, 6) is 1.04. The molecule has 0 amide bonds. The fourth-order valence-electron chi connectivity index (χ4n) is 5.84. The average molecular weight is 556 g/mol. The number of sulfone groups is 1. The second-order valence-electron chi connectivity index (χ2n) is 11.9. The highest BCUT2D eigenvalue weighted by Gasteiger charge is 2.47. The van der Waals surface area contributed by atoms with Crippen molar-refractivity contribution in [2.45, 2.75) is 64.3 Å². The third-order valence-electron chi connectivity index (χ3n) is 8.34. The number of benzene rings is 1. The molecule has 1 N–H and O–H groups in total. The zero-order chi connectivity index (χ0) is 28.1. The molecule has 39 heavy (non-hydrogen) atoms. The zero-order valence-electron chi connectivity index (χ0n) is 23.3. The van der Waals surface area contributed by atoms with Gasteiger partial charge in [-0.2, -0.15) is 0 Å². The summed E-state index contributed by atoms with van der Waals surface area (Å²) in [5, 5.41) is 11.9. The Kier molecular flexibility index (Phi) is 7.30. The maximum atomic E-state index is 14.1. The number of aliphatic hydroxyl groups excluding tert-OH is 1. The number of anilines is 2. The topological polar surface area (TPSA) is 99.5 Å². The van der Waals surface area contributed by atoms with Gasteiger partial charge in [-0.1, -0.05) is 19.9 Å². The Morgan fingerprint density at radius 2 is 1.90 bits per heavy atom. The fraction of sp³-hybridized carbons (Fsp3) is 0.552. The van der Waals surface area contributed by atoms with E-state index in [0.29, 0.717) is 37.8 Å². The molecular formula is C29H38FN5O3S. The number of nitrogens with zero attached hydrogens (tertiary/aromatic N) is 5. The number of pyridine rings is 1. The van der Waals surface area contributed by atoms with Gasteiger partial charge in [0.15, 0.2) is 0 Å². The van der Waals surface area contributed by atoms with Crippen LogP contribution in [-0.4, -0.2) is 77.9 Å². The van der Waals surface area contributed by atoms with Gasteiger partial charge >= 0.3 is 0 Å². The number of aromatic nitrogens is 3. The minimum Gasteiger partial charge on any atom is -0.390 e. The van der Waals surface area contributed by atoms with Gasteiger partial charge in [0.2, 0.25) is 5.95 Å². The van der Waals surface area contributed by atoms with Crippen molar-refractivity contribution in [2.24, 2.45) is 5.92 Å². The molecule has 3 aromatic rings. The lowest BCUT2D eigenvalue weighted by Crippen LogP contribution is -2.66. The maximum absolute atomic E-state index is 14.1. The smallest absolute Gasteiger partial charge is 0.225 e. The molecule has 0 spiro atoms. The van der Waals surface area contributed by atoms with E-state index in [2.05, 4.69) is 60.8 Å². The third kappa shape index (κ3) is 5.59. The van der Waals surface area contributed by atoms with Gasteiger partial charge in [0, 0.05) is 66.4 Å². The van der Waals surface area contributed by atoms with Gasteiger partial charge in [0.25, 0.3) is 0 Å². The number of piperidine rings is 1. The Morgan fingerprint density at radius 1 is 1.13 bits per heavy atom. The maximum Gasteiger partial charge on any atom is 0.225 e. The van der Waals surface area contributed by atoms with Crippen LogP contribution in [-0.2, 0) is 16.3 Å². The van der Waals surface area contributed by atoms with Gasteiger partial charge in [-0.3, -0.25) is 4.98 Å². The highest BCUT2D eigenvalue weighted by atomic mass is 32.2. The molecule has 0 saturated carbocycles. The molecule has 5 rings (SSSR count). The fourth-order valence-corrected chi connectivity index (χ4v) is 7.08. The minimum atomic E-state index is -3.05. The molecule has 8 nitrogen and oxygen atoms in total. The van der Waals surface area contributed by atoms with E-state index in [0.717, 1.165) is 27.8 Å². The normalized spacial score (nSPS) is 23.3. The van der Waals surface area contributed by atoms with Crippen LogP contribution in [0.1, 0.15) is 57.0 Å². The number of alkyl halides is 1. The summed E-state index contributed by atoms with van der Waals surface area (Å²) in [6.07, 6.45) is 3.53. The van der Waals surface area contributed by atoms with E-state index >= 15 is 0 Å². The molecule has 2 aromatic heterocycles. The number of hydrogen-bond acceptors (Lipinski definition) is 8. The molecule has 3 unspecified atom stereocenters. The van der Waals surface area contributed by atoms with E-state index in [-0.39, 0.29) is 23.8 Å². The van der Waals surface area contributed by atoms with Gasteiger partial charge in [-0.05, 0) is 55.3 Å². The first-order chi connectivity index (χ1) is 18.3. The first-order valence-corrected chi connectivity index (χ1v) is 15.7. The monoisotopic (exact) mass is 555 g/mol. The van der Waals surface area contributed by atoms with E-state index < -0.39 is 22.1 Å². The van der Waals surface area contributed by atoms with Crippen molar-refractivity contribution >= 4 is 32.2 Å². The molecule has 2 aliphatic heterocycles. The lowest BCUT2D eigenvalue weighted by atomic mass is 9.77. The van der Waals surface area contributed by atoms with Crippen LogP contribution in [0.2, 0.25) is 0 Å². The molecule has 0 radical (unpaired) electrons. The molecule has 10 heteroatoms. The predicted octanol–water partition coefficient (Wildman–Crippen LogP) is 3.91. The van der Waals surface area contributed by atoms with E-state index in [4.69, 9.17) is 4.98 Å². The van der Waals surface area contributed by atoms with Gasteiger partial charge < -0.3 is 14.9 Å². The number of hydrogen-bond donors (Lipinski definition) is 1. The van der Waals surface area contributed by atoms with Crippen molar-refractivity contribution in [3.8, 4) is 0 Å². The molecule has 2 fully saturated rings. The Hall–Kier alpha value is -2.85. The molecule has 2 saturated heterocycles. The van der Waals surface area contributed by atoms with Crippen molar-refractivity contribution in [2.75, 3.05) is 41.4 Å². The zero-order valence-corrected chi connectivity index (χ0v) is 24.1. The molecule has 3 atom stereocenters. The van der Waals surface area contributed by atoms with Crippen LogP contribution >= 0.6 is 0 Å². The summed E-state index contributed by atoms with van der Waals surface area (Å²) in [5.41, 5.74) is 3.69. The van der Waals surface area contributed by atoms with Crippen molar-refractivity contribution in [1.29, 1.82) is 0 Å². The van der Waals surface area contributed by atoms with Crippen molar-refractivity contribution in [3.63, 3.8) is 0 Å². The van der Waals surface area contributed by atoms with Gasteiger partial charge in [0.1, 0.15) is 16.0 Å². The Bertz CT molecular complexity index is 1480. The molecule has 1 aromatic carbocycles. The molecular weight excluding hydrogens is 517 g/mol. The quantitative estimate of drug-likeness (QED) is 0.469. The van der Waals surface area contributed by atoms with Crippen LogP contribution in [0, 0.1) is 5.92 Å². The number of rotatable bonds is 7. The first kappa shape index (κ1) is 27.7. The summed E-state index contributed by atoms with van der Waals surface area (Å²) < 4.78 is 38.0. The van der Waals surface area contributed by atoms with E-state index in [1.54, 1.807) is 11.1 Å². The molecule has 2 aliphatic rings. The second kappa shape index (κ2) is 10.3. The SMILES string of the molecule is CC(C)c1ccc(N2CC(CS(C)(=O)=O)C2(C)C)c2cnc(Cc3ccnc(N4CCC(O)C(F)C4)n3)cc12. The second-order valence-corrected chi connectivity index (χ2v) is 14.1. The number of fused-ring (bicyclic) bond motifs is 1. The highest BCUT2D eigenvalue weighted by molar-refractivity contribution is 7.90. The van der Waals surface area contributed by atoms with Crippen molar-refractivity contribution < 1.29 is 17.9 Å². The highest BCUT2D eigenvalue weighted by Crippen LogP contribution is 2.44. The van der Waals surface area contributed by atoms with Crippen LogP contribution in [0.4, 0.5) is 16.0 Å². The summed E-state index contributed by atoms with van der Waals surface area (Å²) in [6, 6.07) is 8.30. The predicted molar refractivity (Wildman–Crippen MR) is 153 cm³/mol. The number of aliphatic hydroxyl groups is 1. The van der Waals surface area contributed by atoms with Crippen LogP contribution in [0.5, 0.6) is 0 Å². The molecule has 0 aliphatic carbocycles. The molecule has 0 bridgehead atoms. The molecule has 210 valence electrons. The van der Waals surface area contributed by atoms with Crippen LogP contribution < -0.4 is 9.80 Å². The summed E-state index contributed by atoms with van der Waals surface area (Å²) in [7, 11) is -3.05. The lowest BCUT2D eigenvalue weighted by Gasteiger charge is -2.57. The largest absolute Gasteiger partial charge is 0.390 e. The summed E-state index contributed by atoms with van der Waals surface area (Å²) in [4.78, 5) is 17.9. The third-order valence-corrected chi connectivity index (χ3v) is 9.34. The minimum absolute atomic E-state index is 0.0716. The van der Waals surface area contributed by atoms with E-state index in [1.165, 1.54) is 11.8 Å². The summed E-state index contributed by atoms with van der Waals surface area (Å²) in [6.45, 7) is 9.85. The van der Waals surface area contributed by atoms with Gasteiger partial charge in [0.05, 0.1) is 24.1 Å². The Balaban J connectivity index is 1.44. The van der Waals surface area contributed by atoms with Crippen molar-refractivity contribution in [3.05, 3.63) is 53.6 Å². The first-order valence-electron chi connectivity index (χ1n) is 13.6. The summed E-state index contributed by atoms with van der Waals surface area (Å²) >= 11 is 0. The van der Waals surface area contributed by atoms with Crippen LogP contribution in [0.25, 0.3) is 10.8 Å². The molecule has 4 heterocycles. The van der Waals surface area contributed by atoms with E-state index in [9.17, 15) is 17.9 Å². The Labute approximate surface area is 230 Å². The van der Waals surface area contributed by atoms with Crippen molar-refractivity contribution in [1.82, 2.24) is 15.0 Å².